The highest BCUT2D eigenvalue weighted by molar-refractivity contribution is 9.10. The second-order valence-electron chi connectivity index (χ2n) is 4.63. The van der Waals surface area contributed by atoms with E-state index in [-0.39, 0.29) is 0 Å². The molecule has 0 saturated heterocycles. The predicted molar refractivity (Wildman–Crippen MR) is 94.7 cm³/mol. The van der Waals surface area contributed by atoms with E-state index in [0.717, 1.165) is 21.3 Å². The Labute approximate surface area is 144 Å². The lowest BCUT2D eigenvalue weighted by Gasteiger charge is -2.10. The number of para-hydroxylation sites is 1. The molecule has 0 unspecified atom stereocenters. The van der Waals surface area contributed by atoms with Gasteiger partial charge in [-0.1, -0.05) is 18.2 Å². The molecule has 0 spiro atoms. The standard InChI is InChI=1S/C17H19BrN2O3/c1-21-15-7-5-4-6-12(15)10-19-20-11-13-8-14(18)17(23-3)9-16(13)22-2/h4-9,11,19H,10H2,1-3H3/b20-11-. The van der Waals surface area contributed by atoms with Crippen molar-refractivity contribution < 1.29 is 14.2 Å². The van der Waals surface area contributed by atoms with Crippen molar-refractivity contribution in [1.29, 1.82) is 0 Å². The van der Waals surface area contributed by atoms with Crippen LogP contribution in [-0.2, 0) is 6.54 Å². The van der Waals surface area contributed by atoms with Gasteiger partial charge in [-0.15, -0.1) is 0 Å². The molecule has 1 N–H and O–H groups in total. The highest BCUT2D eigenvalue weighted by atomic mass is 79.9. The maximum Gasteiger partial charge on any atom is 0.136 e. The van der Waals surface area contributed by atoms with E-state index >= 15 is 0 Å². The number of rotatable bonds is 7. The molecule has 2 aromatic rings. The third-order valence-electron chi connectivity index (χ3n) is 3.26. The average Bonchev–Trinajstić information content (AvgIpc) is 2.59. The molecule has 0 heterocycles. The quantitative estimate of drug-likeness (QED) is 0.590. The van der Waals surface area contributed by atoms with Crippen molar-refractivity contribution in [2.24, 2.45) is 5.10 Å². The molecule has 0 aliphatic carbocycles. The van der Waals surface area contributed by atoms with Gasteiger partial charge in [0.1, 0.15) is 17.2 Å². The Hall–Kier alpha value is -2.21. The average molecular weight is 379 g/mol. The van der Waals surface area contributed by atoms with E-state index in [2.05, 4.69) is 26.5 Å². The monoisotopic (exact) mass is 378 g/mol. The molecular formula is C17H19BrN2O3. The summed E-state index contributed by atoms with van der Waals surface area (Å²) < 4.78 is 16.8. The van der Waals surface area contributed by atoms with E-state index in [1.807, 2.05) is 36.4 Å². The maximum absolute atomic E-state index is 5.35. The Morgan fingerprint density at radius 2 is 1.70 bits per heavy atom. The summed E-state index contributed by atoms with van der Waals surface area (Å²) in [6.07, 6.45) is 1.71. The lowest BCUT2D eigenvalue weighted by atomic mass is 10.2. The largest absolute Gasteiger partial charge is 0.496 e. The molecule has 0 radical (unpaired) electrons. The van der Waals surface area contributed by atoms with Crippen LogP contribution in [0.1, 0.15) is 11.1 Å². The van der Waals surface area contributed by atoms with Gasteiger partial charge in [0.15, 0.2) is 0 Å². The van der Waals surface area contributed by atoms with E-state index in [1.165, 1.54) is 0 Å². The van der Waals surface area contributed by atoms with Gasteiger partial charge in [-0.3, -0.25) is 0 Å². The van der Waals surface area contributed by atoms with Crippen molar-refractivity contribution >= 4 is 22.1 Å². The first kappa shape index (κ1) is 17.1. The number of nitrogens with one attached hydrogen (secondary N) is 1. The van der Waals surface area contributed by atoms with Gasteiger partial charge < -0.3 is 19.6 Å². The van der Waals surface area contributed by atoms with Gasteiger partial charge >= 0.3 is 0 Å². The van der Waals surface area contributed by atoms with Gasteiger partial charge in [-0.05, 0) is 28.1 Å². The molecule has 122 valence electrons. The molecule has 6 heteroatoms. The SMILES string of the molecule is COc1cc(OC)c(/C=N\NCc2ccccc2OC)cc1Br. The number of methoxy groups -OCH3 is 3. The van der Waals surface area contributed by atoms with Crippen LogP contribution in [0, 0.1) is 0 Å². The lowest BCUT2D eigenvalue weighted by molar-refractivity contribution is 0.392. The Kier molecular flexibility index (Phi) is 6.29. The molecule has 0 amide bonds. The number of nitrogens with zero attached hydrogens (tertiary/aromatic N) is 1. The molecule has 23 heavy (non-hydrogen) atoms. The van der Waals surface area contributed by atoms with Gasteiger partial charge in [0.2, 0.25) is 0 Å². The molecule has 0 aromatic heterocycles. The number of halogens is 1. The summed E-state index contributed by atoms with van der Waals surface area (Å²) in [5.74, 6) is 2.23. The zero-order chi connectivity index (χ0) is 16.7. The minimum atomic E-state index is 0.570. The topological polar surface area (TPSA) is 52.1 Å². The molecule has 0 aliphatic heterocycles. The fourth-order valence-electron chi connectivity index (χ4n) is 2.08. The highest BCUT2D eigenvalue weighted by Gasteiger charge is 2.08. The van der Waals surface area contributed by atoms with Crippen molar-refractivity contribution in [2.45, 2.75) is 6.54 Å². The molecule has 2 rings (SSSR count). The number of hydrogen-bond donors (Lipinski definition) is 1. The fraction of sp³-hybridized carbons (Fsp3) is 0.235. The Bertz CT molecular complexity index is 690. The molecule has 0 fully saturated rings. The van der Waals surface area contributed by atoms with Crippen LogP contribution in [0.3, 0.4) is 0 Å². The van der Waals surface area contributed by atoms with E-state index in [9.17, 15) is 0 Å². The molecular weight excluding hydrogens is 360 g/mol. The van der Waals surface area contributed by atoms with Crippen LogP contribution in [0.5, 0.6) is 17.2 Å². The first-order valence-corrected chi connectivity index (χ1v) is 7.78. The number of ether oxygens (including phenoxy) is 3. The van der Waals surface area contributed by atoms with Crippen molar-refractivity contribution in [2.75, 3.05) is 21.3 Å². The number of hydrazone groups is 1. The summed E-state index contributed by atoms with van der Waals surface area (Å²) >= 11 is 3.46. The van der Waals surface area contributed by atoms with Crippen molar-refractivity contribution in [3.8, 4) is 17.2 Å². The van der Waals surface area contributed by atoms with Crippen molar-refractivity contribution in [3.05, 3.63) is 52.0 Å². The summed E-state index contributed by atoms with van der Waals surface area (Å²) in [6, 6.07) is 11.5. The van der Waals surface area contributed by atoms with Crippen LogP contribution in [0.15, 0.2) is 46.0 Å². The fourth-order valence-corrected chi connectivity index (χ4v) is 2.60. The molecule has 0 aliphatic rings. The Balaban J connectivity index is 2.07. The molecule has 0 atom stereocenters. The van der Waals surface area contributed by atoms with Crippen LogP contribution in [0.25, 0.3) is 0 Å². The zero-order valence-corrected chi connectivity index (χ0v) is 14.9. The number of hydrogen-bond acceptors (Lipinski definition) is 5. The van der Waals surface area contributed by atoms with E-state index in [1.54, 1.807) is 27.5 Å². The van der Waals surface area contributed by atoms with Crippen LogP contribution in [0.4, 0.5) is 0 Å². The lowest BCUT2D eigenvalue weighted by Crippen LogP contribution is -2.07. The van der Waals surface area contributed by atoms with Crippen LogP contribution in [0.2, 0.25) is 0 Å². The second kappa shape index (κ2) is 8.43. The Morgan fingerprint density at radius 1 is 1.00 bits per heavy atom. The van der Waals surface area contributed by atoms with Gasteiger partial charge in [0.25, 0.3) is 0 Å². The van der Waals surface area contributed by atoms with Gasteiger partial charge in [0.05, 0.1) is 38.6 Å². The zero-order valence-electron chi connectivity index (χ0n) is 13.3. The van der Waals surface area contributed by atoms with Crippen LogP contribution in [-0.4, -0.2) is 27.5 Å². The Morgan fingerprint density at radius 3 is 2.39 bits per heavy atom. The van der Waals surface area contributed by atoms with Gasteiger partial charge in [0, 0.05) is 17.2 Å². The van der Waals surface area contributed by atoms with Crippen LogP contribution >= 0.6 is 15.9 Å². The van der Waals surface area contributed by atoms with Gasteiger partial charge in [-0.2, -0.15) is 5.10 Å². The summed E-state index contributed by atoms with van der Waals surface area (Å²) in [7, 11) is 4.88. The van der Waals surface area contributed by atoms with Gasteiger partial charge in [-0.25, -0.2) is 0 Å². The minimum Gasteiger partial charge on any atom is -0.496 e. The first-order chi connectivity index (χ1) is 11.2. The van der Waals surface area contributed by atoms with E-state index in [0.29, 0.717) is 18.0 Å². The third-order valence-corrected chi connectivity index (χ3v) is 3.88. The van der Waals surface area contributed by atoms with Crippen molar-refractivity contribution in [3.63, 3.8) is 0 Å². The smallest absolute Gasteiger partial charge is 0.136 e. The maximum atomic E-state index is 5.35. The normalized spacial score (nSPS) is 10.6. The van der Waals surface area contributed by atoms with E-state index in [4.69, 9.17) is 14.2 Å². The van der Waals surface area contributed by atoms with E-state index < -0.39 is 0 Å². The highest BCUT2D eigenvalue weighted by Crippen LogP contribution is 2.31. The second-order valence-corrected chi connectivity index (χ2v) is 5.49. The summed E-state index contributed by atoms with van der Waals surface area (Å²) in [5, 5.41) is 4.25. The summed E-state index contributed by atoms with van der Waals surface area (Å²) in [6.45, 7) is 0.570. The molecule has 0 saturated carbocycles. The van der Waals surface area contributed by atoms with Crippen LogP contribution < -0.4 is 19.6 Å². The van der Waals surface area contributed by atoms with Crippen molar-refractivity contribution in [1.82, 2.24) is 5.43 Å². The first-order valence-electron chi connectivity index (χ1n) is 6.99. The minimum absolute atomic E-state index is 0.570. The predicted octanol–water partition coefficient (Wildman–Crippen LogP) is 3.60. The summed E-state index contributed by atoms with van der Waals surface area (Å²) in [5.41, 5.74) is 4.89. The third kappa shape index (κ3) is 4.39. The molecule has 0 bridgehead atoms. The number of benzene rings is 2. The molecule has 2 aromatic carbocycles. The summed E-state index contributed by atoms with van der Waals surface area (Å²) in [4.78, 5) is 0. The molecule has 5 nitrogen and oxygen atoms in total.